The Hall–Kier alpha value is -3.01. The van der Waals surface area contributed by atoms with Crippen molar-refractivity contribution in [3.05, 3.63) is 83.9 Å². The van der Waals surface area contributed by atoms with Gasteiger partial charge in [0.1, 0.15) is 0 Å². The molecule has 3 nitrogen and oxygen atoms in total. The third kappa shape index (κ3) is 3.26. The molecule has 0 spiro atoms. The Morgan fingerprint density at radius 1 is 1.00 bits per heavy atom. The van der Waals surface area contributed by atoms with Crippen molar-refractivity contribution < 1.29 is 9.18 Å². The number of halogens is 1. The lowest BCUT2D eigenvalue weighted by Crippen LogP contribution is -2.15. The van der Waals surface area contributed by atoms with Crippen molar-refractivity contribution in [3.8, 4) is 11.1 Å². The van der Waals surface area contributed by atoms with Gasteiger partial charge in [-0.25, -0.2) is 4.39 Å². The quantitative estimate of drug-likeness (QED) is 0.777. The Kier molecular flexibility index (Phi) is 4.15. The third-order valence-corrected chi connectivity index (χ3v) is 3.52. The Labute approximate surface area is 133 Å². The van der Waals surface area contributed by atoms with Gasteiger partial charge in [-0.1, -0.05) is 48.0 Å². The van der Waals surface area contributed by atoms with Gasteiger partial charge in [-0.05, 0) is 24.6 Å². The number of nitrogens with one attached hydrogen (secondary N) is 1. The molecule has 2 aromatic carbocycles. The minimum absolute atomic E-state index is 0.00675. The van der Waals surface area contributed by atoms with E-state index in [4.69, 9.17) is 0 Å². The molecule has 4 heteroatoms. The second kappa shape index (κ2) is 6.40. The van der Waals surface area contributed by atoms with Gasteiger partial charge in [0.2, 0.25) is 0 Å². The van der Waals surface area contributed by atoms with Crippen LogP contribution in [0.5, 0.6) is 0 Å². The molecule has 1 heterocycles. The van der Waals surface area contributed by atoms with Gasteiger partial charge in [0.15, 0.2) is 5.82 Å². The maximum absolute atomic E-state index is 14.2. The van der Waals surface area contributed by atoms with Gasteiger partial charge in [0, 0.05) is 17.4 Å². The summed E-state index contributed by atoms with van der Waals surface area (Å²) in [6.07, 6.45) is 2.56. The van der Waals surface area contributed by atoms with Crippen LogP contribution in [0, 0.1) is 12.7 Å². The van der Waals surface area contributed by atoms with Gasteiger partial charge >= 0.3 is 0 Å². The molecule has 0 saturated heterocycles. The number of para-hydroxylation sites is 1. The van der Waals surface area contributed by atoms with E-state index in [0.29, 0.717) is 11.3 Å². The van der Waals surface area contributed by atoms with Crippen molar-refractivity contribution in [1.82, 2.24) is 4.98 Å². The van der Waals surface area contributed by atoms with Crippen molar-refractivity contribution in [3.63, 3.8) is 0 Å². The van der Waals surface area contributed by atoms with Crippen LogP contribution >= 0.6 is 0 Å². The van der Waals surface area contributed by atoms with Crippen LogP contribution in [0.3, 0.4) is 0 Å². The maximum atomic E-state index is 14.2. The van der Waals surface area contributed by atoms with Crippen LogP contribution in [-0.2, 0) is 0 Å². The molecule has 0 bridgehead atoms. The number of amides is 1. The molecule has 0 saturated carbocycles. The highest BCUT2D eigenvalue weighted by molar-refractivity contribution is 6.08. The monoisotopic (exact) mass is 306 g/mol. The lowest BCUT2D eigenvalue weighted by atomic mass is 10.00. The van der Waals surface area contributed by atoms with Crippen LogP contribution in [0.25, 0.3) is 11.1 Å². The van der Waals surface area contributed by atoms with E-state index in [9.17, 15) is 9.18 Å². The van der Waals surface area contributed by atoms with Crippen molar-refractivity contribution in [2.24, 2.45) is 0 Å². The van der Waals surface area contributed by atoms with E-state index >= 15 is 0 Å². The van der Waals surface area contributed by atoms with E-state index in [0.717, 1.165) is 17.3 Å². The lowest BCUT2D eigenvalue weighted by Gasteiger charge is -2.11. The largest absolute Gasteiger partial charge is 0.322 e. The number of nitrogens with zero attached hydrogens (tertiary/aromatic N) is 1. The fourth-order valence-corrected chi connectivity index (χ4v) is 2.33. The van der Waals surface area contributed by atoms with E-state index in [1.807, 2.05) is 37.3 Å². The number of carbonyl (C=O) groups excluding carboxylic acids is 1. The summed E-state index contributed by atoms with van der Waals surface area (Å²) in [7, 11) is 0. The van der Waals surface area contributed by atoms with Crippen LogP contribution in [0.4, 0.5) is 10.1 Å². The topological polar surface area (TPSA) is 42.0 Å². The third-order valence-electron chi connectivity index (χ3n) is 3.52. The summed E-state index contributed by atoms with van der Waals surface area (Å²) in [5.41, 5.74) is 2.92. The molecule has 0 unspecified atom stereocenters. The highest BCUT2D eigenvalue weighted by Crippen LogP contribution is 2.26. The molecule has 0 radical (unpaired) electrons. The first-order valence-corrected chi connectivity index (χ1v) is 7.22. The lowest BCUT2D eigenvalue weighted by molar-refractivity contribution is 0.102. The van der Waals surface area contributed by atoms with E-state index in [-0.39, 0.29) is 5.56 Å². The molecule has 0 aliphatic heterocycles. The number of benzene rings is 2. The standard InChI is InChI=1S/C19H15FN2O/c1-13-7-9-14(10-8-13)16-11-21-12-17(20)18(16)19(23)22-15-5-3-2-4-6-15/h2-12H,1H3,(H,22,23). The second-order valence-electron chi connectivity index (χ2n) is 5.23. The molecule has 23 heavy (non-hydrogen) atoms. The minimum Gasteiger partial charge on any atom is -0.322 e. The van der Waals surface area contributed by atoms with Gasteiger partial charge in [-0.15, -0.1) is 0 Å². The first kappa shape index (κ1) is 14.9. The van der Waals surface area contributed by atoms with Crippen LogP contribution < -0.4 is 5.32 Å². The molecule has 1 N–H and O–H groups in total. The molecular formula is C19H15FN2O. The van der Waals surface area contributed by atoms with Gasteiger partial charge < -0.3 is 5.32 Å². The summed E-state index contributed by atoms with van der Waals surface area (Å²) < 4.78 is 14.2. The average Bonchev–Trinajstić information content (AvgIpc) is 2.56. The zero-order valence-electron chi connectivity index (χ0n) is 12.6. The molecule has 1 aromatic heterocycles. The summed E-state index contributed by atoms with van der Waals surface area (Å²) in [4.78, 5) is 16.4. The second-order valence-corrected chi connectivity index (χ2v) is 5.23. The van der Waals surface area contributed by atoms with Crippen molar-refractivity contribution in [2.45, 2.75) is 6.92 Å². The number of anilines is 1. The summed E-state index contributed by atoms with van der Waals surface area (Å²) in [5.74, 6) is -1.14. The van der Waals surface area contributed by atoms with Crippen LogP contribution in [-0.4, -0.2) is 10.9 Å². The highest BCUT2D eigenvalue weighted by atomic mass is 19.1. The van der Waals surface area contributed by atoms with Crippen molar-refractivity contribution in [1.29, 1.82) is 0 Å². The van der Waals surface area contributed by atoms with Crippen LogP contribution in [0.15, 0.2) is 67.0 Å². The number of pyridine rings is 1. The molecule has 0 atom stereocenters. The van der Waals surface area contributed by atoms with Crippen LogP contribution in [0.2, 0.25) is 0 Å². The summed E-state index contributed by atoms with van der Waals surface area (Å²) in [6.45, 7) is 1.97. The van der Waals surface area contributed by atoms with Crippen molar-refractivity contribution in [2.75, 3.05) is 5.32 Å². The predicted molar refractivity (Wildman–Crippen MR) is 88.8 cm³/mol. The normalized spacial score (nSPS) is 10.3. The smallest absolute Gasteiger partial charge is 0.259 e. The number of rotatable bonds is 3. The van der Waals surface area contributed by atoms with Gasteiger partial charge in [0.25, 0.3) is 5.91 Å². The van der Waals surface area contributed by atoms with Crippen molar-refractivity contribution >= 4 is 11.6 Å². The highest BCUT2D eigenvalue weighted by Gasteiger charge is 2.18. The summed E-state index contributed by atoms with van der Waals surface area (Å²) in [5, 5.41) is 2.71. The van der Waals surface area contributed by atoms with E-state index in [1.54, 1.807) is 24.3 Å². The fraction of sp³-hybridized carbons (Fsp3) is 0.0526. The number of aromatic nitrogens is 1. The molecule has 114 valence electrons. The first-order chi connectivity index (χ1) is 11.1. The number of hydrogen-bond donors (Lipinski definition) is 1. The fourth-order valence-electron chi connectivity index (χ4n) is 2.33. The number of aryl methyl sites for hydroxylation is 1. The molecule has 0 aliphatic carbocycles. The molecule has 0 fully saturated rings. The minimum atomic E-state index is -0.642. The SMILES string of the molecule is Cc1ccc(-c2cncc(F)c2C(=O)Nc2ccccc2)cc1. The average molecular weight is 306 g/mol. The molecule has 1 amide bonds. The zero-order valence-corrected chi connectivity index (χ0v) is 12.6. The van der Waals surface area contributed by atoms with Gasteiger partial charge in [0.05, 0.1) is 11.8 Å². The molecule has 0 aliphatic rings. The predicted octanol–water partition coefficient (Wildman–Crippen LogP) is 4.45. The molecule has 3 rings (SSSR count). The Morgan fingerprint density at radius 2 is 1.70 bits per heavy atom. The molecule has 3 aromatic rings. The summed E-state index contributed by atoms with van der Waals surface area (Å²) >= 11 is 0. The van der Waals surface area contributed by atoms with Gasteiger partial charge in [-0.3, -0.25) is 9.78 Å². The number of carbonyl (C=O) groups is 1. The first-order valence-electron chi connectivity index (χ1n) is 7.22. The Balaban J connectivity index is 2.01. The zero-order chi connectivity index (χ0) is 16.2. The van der Waals surface area contributed by atoms with Gasteiger partial charge in [-0.2, -0.15) is 0 Å². The van der Waals surface area contributed by atoms with E-state index in [1.165, 1.54) is 6.20 Å². The maximum Gasteiger partial charge on any atom is 0.259 e. The van der Waals surface area contributed by atoms with E-state index < -0.39 is 11.7 Å². The summed E-state index contributed by atoms with van der Waals surface area (Å²) in [6, 6.07) is 16.5. The molecular weight excluding hydrogens is 291 g/mol. The van der Waals surface area contributed by atoms with Crippen LogP contribution in [0.1, 0.15) is 15.9 Å². The van der Waals surface area contributed by atoms with E-state index in [2.05, 4.69) is 10.3 Å². The number of hydrogen-bond acceptors (Lipinski definition) is 2. The Bertz CT molecular complexity index is 830. The Morgan fingerprint density at radius 3 is 2.39 bits per heavy atom.